The number of hydrogen-bond acceptors (Lipinski definition) is 7. The van der Waals surface area contributed by atoms with Gasteiger partial charge in [0, 0.05) is 48.2 Å². The Hall–Kier alpha value is -5.18. The van der Waals surface area contributed by atoms with E-state index in [2.05, 4.69) is 26.3 Å². The molecule has 9 nitrogen and oxygen atoms in total. The third-order valence-electron chi connectivity index (χ3n) is 7.65. The van der Waals surface area contributed by atoms with Gasteiger partial charge in [-0.3, -0.25) is 10.2 Å². The van der Waals surface area contributed by atoms with Crippen LogP contribution in [0.3, 0.4) is 0 Å². The summed E-state index contributed by atoms with van der Waals surface area (Å²) in [4.78, 5) is 27.0. The van der Waals surface area contributed by atoms with E-state index >= 15 is 0 Å². The maximum Gasteiger partial charge on any atom is 0.222 e. The van der Waals surface area contributed by atoms with Crippen LogP contribution in [0.2, 0.25) is 0 Å². The molecular weight excluding hydrogens is 526 g/mol. The van der Waals surface area contributed by atoms with Gasteiger partial charge in [-0.05, 0) is 67.3 Å². The summed E-state index contributed by atoms with van der Waals surface area (Å²) in [6, 6.07) is 25.0. The number of likely N-dealkylation sites (tertiary alicyclic amines) is 1. The van der Waals surface area contributed by atoms with E-state index < -0.39 is 0 Å². The van der Waals surface area contributed by atoms with Crippen molar-refractivity contribution in [1.29, 1.82) is 5.41 Å². The van der Waals surface area contributed by atoms with Crippen molar-refractivity contribution in [3.8, 4) is 11.5 Å². The smallest absolute Gasteiger partial charge is 0.222 e. The first-order valence-corrected chi connectivity index (χ1v) is 14.2. The monoisotopic (exact) mass is 559 g/mol. The number of amides is 1. The van der Waals surface area contributed by atoms with Crippen LogP contribution in [-0.2, 0) is 11.2 Å². The Balaban J connectivity index is 1.11. The van der Waals surface area contributed by atoms with Crippen molar-refractivity contribution in [1.82, 2.24) is 19.9 Å². The van der Waals surface area contributed by atoms with Crippen LogP contribution in [0.5, 0.6) is 11.5 Å². The number of ether oxygens (including phenoxy) is 1. The van der Waals surface area contributed by atoms with Gasteiger partial charge in [0.25, 0.3) is 0 Å². The van der Waals surface area contributed by atoms with E-state index in [1.807, 2.05) is 83.9 Å². The lowest BCUT2D eigenvalue weighted by Crippen LogP contribution is -2.45. The molecule has 0 spiro atoms. The number of benzene rings is 3. The zero-order valence-corrected chi connectivity index (χ0v) is 23.2. The molecule has 5 aromatic rings. The third kappa shape index (κ3) is 5.95. The van der Waals surface area contributed by atoms with Crippen molar-refractivity contribution < 1.29 is 9.53 Å². The number of piperidine rings is 1. The van der Waals surface area contributed by atoms with E-state index in [0.717, 1.165) is 41.6 Å². The van der Waals surface area contributed by atoms with Crippen LogP contribution >= 0.6 is 0 Å². The fourth-order valence-electron chi connectivity index (χ4n) is 5.47. The van der Waals surface area contributed by atoms with Crippen molar-refractivity contribution in [2.75, 3.05) is 24.1 Å². The minimum absolute atomic E-state index is 0.0155. The highest BCUT2D eigenvalue weighted by Gasteiger charge is 2.26. The first-order chi connectivity index (χ1) is 20.5. The summed E-state index contributed by atoms with van der Waals surface area (Å²) in [5, 5.41) is 13.6. The highest BCUT2D eigenvalue weighted by Crippen LogP contribution is 2.27. The standard InChI is InChI=1S/C33H33N7O2/c34-31(22-12-15-26(16-13-22)42-25-8-2-1-3-9-25)30-32(35)37-21-38-33(30)39-24-7-6-18-40(20-24)29(41)17-14-23-19-36-28-11-5-4-10-27(23)28/h1-5,8-13,15-16,19,21,24,34,36H,6-7,14,17-18,20H2,(H3,35,37,38,39)/t24-/m1/s1. The summed E-state index contributed by atoms with van der Waals surface area (Å²) in [6.45, 7) is 1.30. The van der Waals surface area contributed by atoms with Crippen LogP contribution in [0.25, 0.3) is 10.9 Å². The van der Waals surface area contributed by atoms with Gasteiger partial charge in [0.1, 0.15) is 29.5 Å². The molecule has 42 heavy (non-hydrogen) atoms. The molecule has 3 aromatic carbocycles. The molecule has 1 fully saturated rings. The Morgan fingerprint density at radius 1 is 1.02 bits per heavy atom. The largest absolute Gasteiger partial charge is 0.457 e. The number of para-hydroxylation sites is 2. The Labute approximate surface area is 244 Å². The second-order valence-corrected chi connectivity index (χ2v) is 10.5. The second kappa shape index (κ2) is 12.1. The van der Waals surface area contributed by atoms with Gasteiger partial charge in [-0.25, -0.2) is 9.97 Å². The number of aromatic amines is 1. The van der Waals surface area contributed by atoms with E-state index in [1.165, 1.54) is 6.33 Å². The normalized spacial score (nSPS) is 15.0. The zero-order valence-electron chi connectivity index (χ0n) is 23.2. The Bertz CT molecular complexity index is 1700. The van der Waals surface area contributed by atoms with Crippen molar-refractivity contribution in [3.63, 3.8) is 0 Å². The lowest BCUT2D eigenvalue weighted by Gasteiger charge is -2.34. The number of hydrogen-bond donors (Lipinski definition) is 4. The molecule has 1 saturated heterocycles. The van der Waals surface area contributed by atoms with Gasteiger partial charge in [0.05, 0.1) is 11.3 Å². The number of H-pyrrole nitrogens is 1. The number of aromatic nitrogens is 3. The second-order valence-electron chi connectivity index (χ2n) is 10.5. The molecule has 1 aliphatic heterocycles. The summed E-state index contributed by atoms with van der Waals surface area (Å²) < 4.78 is 5.89. The van der Waals surface area contributed by atoms with Crippen molar-refractivity contribution in [3.05, 3.63) is 108 Å². The van der Waals surface area contributed by atoms with Crippen LogP contribution in [0.1, 0.15) is 36.0 Å². The number of aryl methyl sites for hydroxylation is 1. The van der Waals surface area contributed by atoms with Gasteiger partial charge in [-0.15, -0.1) is 0 Å². The molecule has 0 unspecified atom stereocenters. The van der Waals surface area contributed by atoms with Crippen LogP contribution < -0.4 is 15.8 Å². The zero-order chi connectivity index (χ0) is 28.9. The Kier molecular flexibility index (Phi) is 7.81. The number of carbonyl (C=O) groups excluding carboxylic acids is 1. The average molecular weight is 560 g/mol. The van der Waals surface area contributed by atoms with Crippen molar-refractivity contribution >= 4 is 34.2 Å². The number of rotatable bonds is 9. The minimum Gasteiger partial charge on any atom is -0.457 e. The summed E-state index contributed by atoms with van der Waals surface area (Å²) in [7, 11) is 0. The summed E-state index contributed by atoms with van der Waals surface area (Å²) in [5.41, 5.74) is 9.84. The highest BCUT2D eigenvalue weighted by molar-refractivity contribution is 6.16. The molecule has 1 atom stereocenters. The van der Waals surface area contributed by atoms with E-state index in [1.54, 1.807) is 0 Å². The number of fused-ring (bicyclic) bond motifs is 1. The van der Waals surface area contributed by atoms with Crippen LogP contribution in [0.15, 0.2) is 91.4 Å². The minimum atomic E-state index is -0.0155. The molecule has 0 aliphatic carbocycles. The van der Waals surface area contributed by atoms with Crippen LogP contribution in [-0.4, -0.2) is 50.6 Å². The van der Waals surface area contributed by atoms with Crippen LogP contribution in [0, 0.1) is 5.41 Å². The fourth-order valence-corrected chi connectivity index (χ4v) is 5.47. The topological polar surface area (TPSA) is 133 Å². The predicted molar refractivity (Wildman–Crippen MR) is 165 cm³/mol. The molecule has 5 N–H and O–H groups in total. The van der Waals surface area contributed by atoms with E-state index in [9.17, 15) is 4.79 Å². The SMILES string of the molecule is N=C(c1ccc(Oc2ccccc2)cc1)c1c(N)ncnc1N[C@@H]1CCCN(C(=O)CCc2c[nH]c3ccccc23)C1. The summed E-state index contributed by atoms with van der Waals surface area (Å²) in [6.07, 6.45) is 6.31. The maximum atomic E-state index is 13.2. The first kappa shape index (κ1) is 27.0. The van der Waals surface area contributed by atoms with Gasteiger partial charge in [0.2, 0.25) is 5.91 Å². The van der Waals surface area contributed by atoms with Gasteiger partial charge in [0.15, 0.2) is 0 Å². The quantitative estimate of drug-likeness (QED) is 0.169. The number of nitrogen functional groups attached to an aromatic ring is 1. The molecule has 0 bridgehead atoms. The summed E-state index contributed by atoms with van der Waals surface area (Å²) >= 11 is 0. The van der Waals surface area contributed by atoms with Gasteiger partial charge in [-0.2, -0.15) is 0 Å². The van der Waals surface area contributed by atoms with Crippen molar-refractivity contribution in [2.24, 2.45) is 0 Å². The molecule has 0 saturated carbocycles. The van der Waals surface area contributed by atoms with Gasteiger partial charge >= 0.3 is 0 Å². The van der Waals surface area contributed by atoms with E-state index in [4.69, 9.17) is 15.9 Å². The molecule has 6 rings (SSSR count). The number of nitrogens with two attached hydrogens (primary N) is 1. The Morgan fingerprint density at radius 3 is 2.62 bits per heavy atom. The molecule has 9 heteroatoms. The number of anilines is 2. The van der Waals surface area contributed by atoms with Crippen molar-refractivity contribution in [2.45, 2.75) is 31.7 Å². The molecule has 1 aliphatic rings. The molecule has 2 aromatic heterocycles. The fraction of sp³-hybridized carbons (Fsp3) is 0.212. The Morgan fingerprint density at radius 2 is 1.79 bits per heavy atom. The number of nitrogens with zero attached hydrogens (tertiary/aromatic N) is 3. The third-order valence-corrected chi connectivity index (χ3v) is 7.65. The molecular formula is C33H33N7O2. The maximum absolute atomic E-state index is 13.2. The number of carbonyl (C=O) groups is 1. The molecule has 1 amide bonds. The van der Waals surface area contributed by atoms with Gasteiger partial charge < -0.3 is 25.7 Å². The summed E-state index contributed by atoms with van der Waals surface area (Å²) in [5.74, 6) is 2.27. The first-order valence-electron chi connectivity index (χ1n) is 14.2. The van der Waals surface area contributed by atoms with Crippen LogP contribution in [0.4, 0.5) is 11.6 Å². The molecule has 212 valence electrons. The lowest BCUT2D eigenvalue weighted by atomic mass is 10.0. The lowest BCUT2D eigenvalue weighted by molar-refractivity contribution is -0.132. The highest BCUT2D eigenvalue weighted by atomic mass is 16.5. The molecule has 3 heterocycles. The molecule has 0 radical (unpaired) electrons. The predicted octanol–water partition coefficient (Wildman–Crippen LogP) is 5.78. The number of nitrogens with one attached hydrogen (secondary N) is 3. The van der Waals surface area contributed by atoms with Gasteiger partial charge in [-0.1, -0.05) is 36.4 Å². The van der Waals surface area contributed by atoms with E-state index in [-0.39, 0.29) is 23.5 Å². The average Bonchev–Trinajstić information content (AvgIpc) is 3.44. The van der Waals surface area contributed by atoms with E-state index in [0.29, 0.717) is 42.1 Å².